The monoisotopic (exact) mass is 1060 g/mol. The molecule has 5 aromatic carbocycles. The number of amidine groups is 1. The second kappa shape index (κ2) is 21.3. The third-order valence-electron chi connectivity index (χ3n) is 14.7. The number of alkyl halides is 3. The number of carbonyl (C=O) groups excluding carboxylic acids is 2. The number of hydrogen-bond acceptors (Lipinski definition) is 9. The summed E-state index contributed by atoms with van der Waals surface area (Å²) in [6, 6.07) is 33.7. The van der Waals surface area contributed by atoms with Crippen molar-refractivity contribution in [2.24, 2.45) is 4.99 Å². The van der Waals surface area contributed by atoms with Gasteiger partial charge in [0, 0.05) is 43.4 Å². The maximum atomic E-state index is 15.5. The molecule has 0 radical (unpaired) electrons. The molecule has 75 heavy (non-hydrogen) atoms. The molecule has 5 aromatic rings. The number of nitrogens with zero attached hydrogens (tertiary/aromatic N) is 7. The van der Waals surface area contributed by atoms with E-state index in [0.29, 0.717) is 80.6 Å². The summed E-state index contributed by atoms with van der Waals surface area (Å²) < 4.78 is 59.8. The van der Waals surface area contributed by atoms with Gasteiger partial charge in [0.15, 0.2) is 5.11 Å². The van der Waals surface area contributed by atoms with Crippen LogP contribution in [0.5, 0.6) is 11.5 Å². The molecule has 0 saturated carbocycles. The zero-order valence-electron chi connectivity index (χ0n) is 43.8. The molecule has 0 aliphatic carbocycles. The number of nitriles is 1. The highest BCUT2D eigenvalue weighted by Crippen LogP contribution is 2.54. The normalized spacial score (nSPS) is 20.1. The first kappa shape index (κ1) is 54.7. The van der Waals surface area contributed by atoms with E-state index in [9.17, 15) is 23.2 Å². The number of carbonyl (C=O) groups is 2. The molecule has 2 saturated heterocycles. The number of hydrogen-bond donors (Lipinski definition) is 0. The Hall–Kier alpha value is -6.51. The van der Waals surface area contributed by atoms with Gasteiger partial charge in [0.05, 0.1) is 48.3 Å². The van der Waals surface area contributed by atoms with Crippen LogP contribution in [0.4, 0.5) is 29.3 Å². The summed E-state index contributed by atoms with van der Waals surface area (Å²) in [6.45, 7) is 22.4. The van der Waals surface area contributed by atoms with Crippen molar-refractivity contribution in [3.63, 3.8) is 0 Å². The molecule has 3 aliphatic heterocycles. The lowest BCUT2D eigenvalue weighted by Crippen LogP contribution is -2.60. The molecule has 3 aliphatic rings. The molecule has 0 unspecified atom stereocenters. The summed E-state index contributed by atoms with van der Waals surface area (Å²) in [5.41, 5.74) is 0.270. The number of ether oxygens (including phenoxy) is 3. The van der Waals surface area contributed by atoms with Crippen molar-refractivity contribution in [2.45, 2.75) is 90.5 Å². The fourth-order valence-electron chi connectivity index (χ4n) is 10.1. The van der Waals surface area contributed by atoms with Crippen molar-refractivity contribution in [3.05, 3.63) is 153 Å². The van der Waals surface area contributed by atoms with E-state index in [4.69, 9.17) is 43.0 Å². The summed E-state index contributed by atoms with van der Waals surface area (Å²) in [6.07, 6.45) is -4.80. The Morgan fingerprint density at radius 3 is 2.07 bits per heavy atom. The minimum atomic E-state index is -4.80. The van der Waals surface area contributed by atoms with Gasteiger partial charge in [0.1, 0.15) is 40.6 Å². The van der Waals surface area contributed by atoms with Crippen LogP contribution >= 0.6 is 23.8 Å². The minimum absolute atomic E-state index is 0.000841. The van der Waals surface area contributed by atoms with Crippen LogP contribution < -0.4 is 19.3 Å². The number of aliphatic imine (C=N–C) groups is 1. The Morgan fingerprint density at radius 2 is 1.45 bits per heavy atom. The maximum Gasteiger partial charge on any atom is 0.417 e. The van der Waals surface area contributed by atoms with Gasteiger partial charge in [0.2, 0.25) is 0 Å². The summed E-state index contributed by atoms with van der Waals surface area (Å²) >= 11 is 12.2. The van der Waals surface area contributed by atoms with Gasteiger partial charge in [-0.2, -0.15) is 18.4 Å². The lowest BCUT2D eigenvalue weighted by Gasteiger charge is -2.47. The van der Waals surface area contributed by atoms with Crippen molar-refractivity contribution in [2.75, 3.05) is 69.0 Å². The standard InChI is InChI=1S/C58H63ClF3N7O5S/c1-10-73-49-35-42(54(3,4)5)18-26-47(49)50-64-56(8,40-14-11-38(2)12-15-40)57(9,41-16-19-43(59)20-17-41)69(50)52(71)66-29-27-65(28-30-66)31-32-72-33-34-74-46-24-22-44(23-25-46)68-53(75)67(51(70)55(68,6)7)45-21-13-39(37-63)48(36-45)58(60,61)62/h11-26,35-36H,10,27-34H2,1-9H3/t56-,57+/m0/s1. The van der Waals surface area contributed by atoms with Crippen LogP contribution in [0.2, 0.25) is 5.02 Å². The Labute approximate surface area is 448 Å². The predicted molar refractivity (Wildman–Crippen MR) is 291 cm³/mol. The topological polar surface area (TPSA) is 114 Å². The molecule has 0 N–H and O–H groups in total. The number of anilines is 2. The molecule has 3 amide bonds. The summed E-state index contributed by atoms with van der Waals surface area (Å²) in [7, 11) is 0. The summed E-state index contributed by atoms with van der Waals surface area (Å²) in [4.78, 5) is 43.5. The number of halogens is 4. The van der Waals surface area contributed by atoms with Crippen molar-refractivity contribution in [3.8, 4) is 17.6 Å². The molecule has 0 aromatic heterocycles. The molecule has 8 rings (SSSR count). The lowest BCUT2D eigenvalue weighted by atomic mass is 9.70. The molecular formula is C58H63ClF3N7O5S. The molecule has 12 nitrogen and oxygen atoms in total. The number of urea groups is 1. The van der Waals surface area contributed by atoms with Crippen LogP contribution in [-0.4, -0.2) is 102 Å². The van der Waals surface area contributed by atoms with E-state index in [1.54, 1.807) is 49.1 Å². The predicted octanol–water partition coefficient (Wildman–Crippen LogP) is 11.9. The van der Waals surface area contributed by atoms with Gasteiger partial charge in [-0.1, -0.05) is 80.4 Å². The Morgan fingerprint density at radius 1 is 0.813 bits per heavy atom. The Balaban J connectivity index is 0.908. The van der Waals surface area contributed by atoms with E-state index in [1.165, 1.54) is 6.07 Å². The zero-order valence-corrected chi connectivity index (χ0v) is 45.4. The summed E-state index contributed by atoms with van der Waals surface area (Å²) in [5, 5.41) is 9.86. The number of thiocarbonyl (C=S) groups is 1. The number of amides is 3. The van der Waals surface area contributed by atoms with Gasteiger partial charge < -0.3 is 24.0 Å². The van der Waals surface area contributed by atoms with Gasteiger partial charge in [-0.15, -0.1) is 0 Å². The van der Waals surface area contributed by atoms with E-state index < -0.39 is 39.8 Å². The molecule has 17 heteroatoms. The first-order valence-electron chi connectivity index (χ1n) is 25.1. The van der Waals surface area contributed by atoms with Crippen LogP contribution in [0, 0.1) is 18.3 Å². The second-order valence-electron chi connectivity index (χ2n) is 20.9. The SMILES string of the molecule is CCOc1cc(C(C)(C)C)ccc1C1=N[C@@](C)(c2ccc(C)cc2)[C@@](C)(c2ccc(Cl)cc2)N1C(=O)N1CCN(CCOCCOc2ccc(N3C(=S)N(c4ccc(C#N)c(C(F)(F)F)c4)C(=O)C3(C)C)cc2)CC1. The average molecular weight is 1060 g/mol. The van der Waals surface area contributed by atoms with Crippen LogP contribution in [0.1, 0.15) is 94.3 Å². The quantitative estimate of drug-likeness (QED) is 0.0792. The van der Waals surface area contributed by atoms with Crippen LogP contribution in [0.3, 0.4) is 0 Å². The molecule has 2 atom stereocenters. The molecule has 394 valence electrons. The molecular weight excluding hydrogens is 999 g/mol. The van der Waals surface area contributed by atoms with Gasteiger partial charge in [-0.05, 0) is 143 Å². The fraction of sp³-hybridized carbons (Fsp3) is 0.397. The second-order valence-corrected chi connectivity index (χ2v) is 21.7. The van der Waals surface area contributed by atoms with Crippen molar-refractivity contribution >= 4 is 58.1 Å². The van der Waals surface area contributed by atoms with E-state index in [1.807, 2.05) is 47.1 Å². The third-order valence-corrected chi connectivity index (χ3v) is 15.3. The highest BCUT2D eigenvalue weighted by Gasteiger charge is 2.60. The van der Waals surface area contributed by atoms with Crippen molar-refractivity contribution in [1.82, 2.24) is 14.7 Å². The third kappa shape index (κ3) is 10.6. The molecule has 0 spiro atoms. The minimum Gasteiger partial charge on any atom is -0.493 e. The van der Waals surface area contributed by atoms with Crippen molar-refractivity contribution in [1.29, 1.82) is 5.26 Å². The van der Waals surface area contributed by atoms with E-state index in [-0.39, 0.29) is 28.9 Å². The number of aryl methyl sites for hydroxylation is 1. The fourth-order valence-corrected chi connectivity index (χ4v) is 10.7. The average Bonchev–Trinajstić information content (AvgIpc) is 3.72. The van der Waals surface area contributed by atoms with Gasteiger partial charge in [-0.25, -0.2) is 4.79 Å². The number of piperazine rings is 1. The van der Waals surface area contributed by atoms with E-state index >= 15 is 4.79 Å². The zero-order chi connectivity index (χ0) is 54.3. The maximum absolute atomic E-state index is 15.5. The number of rotatable bonds is 14. The molecule has 2 fully saturated rings. The first-order valence-corrected chi connectivity index (χ1v) is 25.9. The summed E-state index contributed by atoms with van der Waals surface area (Å²) in [5.74, 6) is 1.23. The Kier molecular flexibility index (Phi) is 15.5. The smallest absolute Gasteiger partial charge is 0.417 e. The first-order chi connectivity index (χ1) is 35.4. The van der Waals surface area contributed by atoms with E-state index in [2.05, 4.69) is 82.8 Å². The Bertz CT molecular complexity index is 3020. The molecule has 3 heterocycles. The van der Waals surface area contributed by atoms with Crippen LogP contribution in [0.15, 0.2) is 114 Å². The van der Waals surface area contributed by atoms with Gasteiger partial charge in [0.25, 0.3) is 5.91 Å². The largest absolute Gasteiger partial charge is 0.493 e. The highest BCUT2D eigenvalue weighted by atomic mass is 35.5. The molecule has 0 bridgehead atoms. The van der Waals surface area contributed by atoms with Gasteiger partial charge in [-0.3, -0.25) is 24.5 Å². The number of benzene rings is 5. The van der Waals surface area contributed by atoms with E-state index in [0.717, 1.165) is 44.8 Å². The highest BCUT2D eigenvalue weighted by molar-refractivity contribution is 7.81. The van der Waals surface area contributed by atoms with Crippen LogP contribution in [-0.2, 0) is 32.2 Å². The van der Waals surface area contributed by atoms with Crippen LogP contribution in [0.25, 0.3) is 0 Å². The van der Waals surface area contributed by atoms with Gasteiger partial charge >= 0.3 is 12.2 Å². The van der Waals surface area contributed by atoms with Crippen molar-refractivity contribution < 1.29 is 37.0 Å². The lowest BCUT2D eigenvalue weighted by molar-refractivity contribution is -0.137.